The lowest BCUT2D eigenvalue weighted by Crippen LogP contribution is -2.20. The SMILES string of the molecule is C#CC(OC(=O)[C@@H]1[C@@H](/C=C(/C)F)C1(C)C)/C(C)=C/CC. The van der Waals surface area contributed by atoms with Crippen LogP contribution in [0, 0.1) is 29.6 Å². The third kappa shape index (κ3) is 3.50. The Balaban J connectivity index is 2.76. The van der Waals surface area contributed by atoms with Gasteiger partial charge in [-0.2, -0.15) is 0 Å². The van der Waals surface area contributed by atoms with Gasteiger partial charge in [-0.3, -0.25) is 4.79 Å². The molecular weight excluding hydrogens is 255 g/mol. The van der Waals surface area contributed by atoms with Crippen LogP contribution >= 0.6 is 0 Å². The first-order chi connectivity index (χ1) is 9.25. The average molecular weight is 278 g/mol. The summed E-state index contributed by atoms with van der Waals surface area (Å²) in [5.41, 5.74) is 0.585. The Labute approximate surface area is 121 Å². The molecule has 110 valence electrons. The van der Waals surface area contributed by atoms with Crippen molar-refractivity contribution in [2.45, 2.75) is 47.1 Å². The molecule has 0 spiro atoms. The summed E-state index contributed by atoms with van der Waals surface area (Å²) in [6, 6.07) is 0. The zero-order chi connectivity index (χ0) is 15.5. The van der Waals surface area contributed by atoms with Crippen LogP contribution in [-0.4, -0.2) is 12.1 Å². The monoisotopic (exact) mass is 278 g/mol. The molecule has 0 heterocycles. The van der Waals surface area contributed by atoms with Crippen LogP contribution in [0.4, 0.5) is 4.39 Å². The van der Waals surface area contributed by atoms with Crippen molar-refractivity contribution in [1.82, 2.24) is 0 Å². The fourth-order valence-electron chi connectivity index (χ4n) is 2.56. The number of rotatable bonds is 5. The Morgan fingerprint density at radius 2 is 2.10 bits per heavy atom. The molecule has 2 nitrogen and oxygen atoms in total. The highest BCUT2D eigenvalue weighted by molar-refractivity contribution is 5.79. The second-order valence-corrected chi connectivity index (χ2v) is 5.92. The minimum Gasteiger partial charge on any atom is -0.444 e. The van der Waals surface area contributed by atoms with Crippen LogP contribution in [0.2, 0.25) is 0 Å². The quantitative estimate of drug-likeness (QED) is 0.431. The predicted molar refractivity (Wildman–Crippen MR) is 78.4 cm³/mol. The second kappa shape index (κ2) is 6.26. The molecule has 0 aromatic heterocycles. The minimum absolute atomic E-state index is 0.117. The number of ether oxygens (including phenoxy) is 1. The third-order valence-corrected chi connectivity index (χ3v) is 3.90. The van der Waals surface area contributed by atoms with E-state index in [-0.39, 0.29) is 29.0 Å². The number of hydrogen-bond acceptors (Lipinski definition) is 2. The molecule has 3 heteroatoms. The first-order valence-electron chi connectivity index (χ1n) is 6.92. The lowest BCUT2D eigenvalue weighted by molar-refractivity contribution is -0.147. The maximum Gasteiger partial charge on any atom is 0.311 e. The van der Waals surface area contributed by atoms with Gasteiger partial charge in [-0.15, -0.1) is 6.42 Å². The van der Waals surface area contributed by atoms with Crippen molar-refractivity contribution >= 4 is 5.97 Å². The Bertz CT molecular complexity index is 476. The number of esters is 1. The van der Waals surface area contributed by atoms with Gasteiger partial charge in [0, 0.05) is 0 Å². The summed E-state index contributed by atoms with van der Waals surface area (Å²) in [5.74, 6) is 1.43. The smallest absolute Gasteiger partial charge is 0.311 e. The molecule has 0 radical (unpaired) electrons. The van der Waals surface area contributed by atoms with Crippen molar-refractivity contribution in [3.63, 3.8) is 0 Å². The van der Waals surface area contributed by atoms with Crippen molar-refractivity contribution in [2.24, 2.45) is 17.3 Å². The van der Waals surface area contributed by atoms with E-state index in [1.54, 1.807) is 0 Å². The van der Waals surface area contributed by atoms with Gasteiger partial charge in [-0.1, -0.05) is 32.8 Å². The lowest BCUT2D eigenvalue weighted by Gasteiger charge is -2.13. The van der Waals surface area contributed by atoms with Crippen LogP contribution in [0.1, 0.15) is 41.0 Å². The van der Waals surface area contributed by atoms with Gasteiger partial charge in [-0.05, 0) is 43.3 Å². The van der Waals surface area contributed by atoms with Crippen LogP contribution in [0.3, 0.4) is 0 Å². The van der Waals surface area contributed by atoms with Crippen molar-refractivity contribution in [3.8, 4) is 12.3 Å². The van der Waals surface area contributed by atoms with Crippen LogP contribution in [0.25, 0.3) is 0 Å². The normalized spacial score (nSPS) is 26.6. The fraction of sp³-hybridized carbons (Fsp3) is 0.588. The summed E-state index contributed by atoms with van der Waals surface area (Å²) in [6.07, 6.45) is 9.06. The van der Waals surface area contributed by atoms with Gasteiger partial charge < -0.3 is 4.74 Å². The highest BCUT2D eigenvalue weighted by Crippen LogP contribution is 2.60. The Hall–Kier alpha value is -1.56. The van der Waals surface area contributed by atoms with E-state index in [4.69, 9.17) is 11.2 Å². The molecule has 1 aliphatic carbocycles. The molecule has 3 atom stereocenters. The van der Waals surface area contributed by atoms with Crippen LogP contribution in [-0.2, 0) is 9.53 Å². The summed E-state index contributed by atoms with van der Waals surface area (Å²) in [4.78, 5) is 12.2. The van der Waals surface area contributed by atoms with E-state index < -0.39 is 6.10 Å². The van der Waals surface area contributed by atoms with Crippen molar-refractivity contribution in [1.29, 1.82) is 0 Å². The van der Waals surface area contributed by atoms with Gasteiger partial charge in [-0.25, -0.2) is 4.39 Å². The average Bonchev–Trinajstić information content (AvgIpc) is 2.86. The Kier molecular flexibility index (Phi) is 5.16. The molecule has 1 unspecified atom stereocenters. The Morgan fingerprint density at radius 1 is 1.50 bits per heavy atom. The van der Waals surface area contributed by atoms with E-state index in [1.165, 1.54) is 13.0 Å². The summed E-state index contributed by atoms with van der Waals surface area (Å²) in [7, 11) is 0. The third-order valence-electron chi connectivity index (χ3n) is 3.90. The molecule has 0 saturated heterocycles. The molecule has 0 aromatic rings. The van der Waals surface area contributed by atoms with E-state index in [9.17, 15) is 9.18 Å². The standard InChI is InChI=1S/C17H23FO2/c1-7-9-11(3)14(8-2)20-16(19)15-13(10-12(4)18)17(15,5)6/h2,9-10,13-15H,7H2,1,3-6H3/b11-9+,12-10-/t13-,14?,15+/m1/s1. The molecule has 0 aromatic carbocycles. The number of hydrogen-bond donors (Lipinski definition) is 0. The van der Waals surface area contributed by atoms with E-state index in [0.717, 1.165) is 12.0 Å². The maximum absolute atomic E-state index is 13.0. The molecule has 0 N–H and O–H groups in total. The number of carbonyl (C=O) groups excluding carboxylic acids is 1. The zero-order valence-corrected chi connectivity index (χ0v) is 12.9. The molecule has 0 aliphatic heterocycles. The largest absolute Gasteiger partial charge is 0.444 e. The van der Waals surface area contributed by atoms with Crippen molar-refractivity contribution < 1.29 is 13.9 Å². The van der Waals surface area contributed by atoms with E-state index in [2.05, 4.69) is 5.92 Å². The fourth-order valence-corrected chi connectivity index (χ4v) is 2.56. The summed E-state index contributed by atoms with van der Waals surface area (Å²) in [5, 5.41) is 0. The van der Waals surface area contributed by atoms with Crippen LogP contribution in [0.15, 0.2) is 23.6 Å². The molecule has 1 rings (SSSR count). The summed E-state index contributed by atoms with van der Waals surface area (Å²) >= 11 is 0. The van der Waals surface area contributed by atoms with Crippen LogP contribution in [0.5, 0.6) is 0 Å². The number of allylic oxidation sites excluding steroid dienone is 3. The van der Waals surface area contributed by atoms with Crippen molar-refractivity contribution in [3.05, 3.63) is 23.6 Å². The van der Waals surface area contributed by atoms with E-state index in [1.807, 2.05) is 33.8 Å². The highest BCUT2D eigenvalue weighted by Gasteiger charge is 2.61. The molecule has 20 heavy (non-hydrogen) atoms. The first kappa shape index (κ1) is 16.5. The number of halogens is 1. The number of terminal acetylenes is 1. The van der Waals surface area contributed by atoms with Gasteiger partial charge in [0.25, 0.3) is 0 Å². The molecule has 0 amide bonds. The van der Waals surface area contributed by atoms with E-state index in [0.29, 0.717) is 0 Å². The summed E-state index contributed by atoms with van der Waals surface area (Å²) in [6.45, 7) is 9.09. The van der Waals surface area contributed by atoms with Gasteiger partial charge in [0.2, 0.25) is 0 Å². The Morgan fingerprint density at radius 3 is 2.55 bits per heavy atom. The first-order valence-corrected chi connectivity index (χ1v) is 6.92. The van der Waals surface area contributed by atoms with E-state index >= 15 is 0 Å². The van der Waals surface area contributed by atoms with Crippen LogP contribution < -0.4 is 0 Å². The topological polar surface area (TPSA) is 26.3 Å². The highest BCUT2D eigenvalue weighted by atomic mass is 19.1. The summed E-state index contributed by atoms with van der Waals surface area (Å²) < 4.78 is 18.4. The molecular formula is C17H23FO2. The predicted octanol–water partition coefficient (Wildman–Crippen LogP) is 4.03. The lowest BCUT2D eigenvalue weighted by atomic mass is 10.1. The zero-order valence-electron chi connectivity index (χ0n) is 12.9. The second-order valence-electron chi connectivity index (χ2n) is 5.92. The van der Waals surface area contributed by atoms with Gasteiger partial charge in [0.05, 0.1) is 11.7 Å². The number of carbonyl (C=O) groups is 1. The molecule has 1 saturated carbocycles. The molecule has 0 bridgehead atoms. The van der Waals surface area contributed by atoms with Gasteiger partial charge in [0.15, 0.2) is 6.10 Å². The molecule has 1 aliphatic rings. The molecule has 1 fully saturated rings. The van der Waals surface area contributed by atoms with Gasteiger partial charge >= 0.3 is 5.97 Å². The van der Waals surface area contributed by atoms with Gasteiger partial charge in [0.1, 0.15) is 0 Å². The minimum atomic E-state index is -0.630. The van der Waals surface area contributed by atoms with Crippen molar-refractivity contribution in [2.75, 3.05) is 0 Å². The maximum atomic E-state index is 13.0.